The Morgan fingerprint density at radius 3 is 0.934 bits per heavy atom. The number of carbonyl (C=O) groups excluding carboxylic acids is 2. The first kappa shape index (κ1) is 74.3. The number of esters is 1. The highest BCUT2D eigenvalue weighted by molar-refractivity contribution is 5.76. The van der Waals surface area contributed by atoms with Gasteiger partial charge in [-0.2, -0.15) is 0 Å². The van der Waals surface area contributed by atoms with E-state index in [-0.39, 0.29) is 18.5 Å². The fraction of sp³-hybridized carbons (Fsp3) is 0.914. The smallest absolute Gasteiger partial charge is 0.305 e. The molecule has 0 spiro atoms. The highest BCUT2D eigenvalue weighted by atomic mass is 16.5. The van der Waals surface area contributed by atoms with E-state index >= 15 is 0 Å². The van der Waals surface area contributed by atoms with Crippen molar-refractivity contribution in [1.82, 2.24) is 5.32 Å². The molecule has 0 saturated carbocycles. The van der Waals surface area contributed by atoms with Gasteiger partial charge in [0.15, 0.2) is 0 Å². The first-order valence-corrected chi connectivity index (χ1v) is 34.6. The molecule has 2 unspecified atom stereocenters. The molecule has 0 bridgehead atoms. The van der Waals surface area contributed by atoms with Gasteiger partial charge in [0, 0.05) is 12.8 Å². The molecular weight excluding hydrogens is 935 g/mol. The minimum absolute atomic E-state index is 0.0119. The Balaban J connectivity index is 3.44. The number of hydrogen-bond acceptors (Lipinski definition) is 5. The van der Waals surface area contributed by atoms with Crippen molar-refractivity contribution in [3.8, 4) is 0 Å². The van der Waals surface area contributed by atoms with Crippen molar-refractivity contribution in [2.75, 3.05) is 13.2 Å². The largest absolute Gasteiger partial charge is 0.466 e. The molecule has 0 heterocycles. The van der Waals surface area contributed by atoms with Crippen LogP contribution in [-0.4, -0.2) is 47.4 Å². The zero-order valence-electron chi connectivity index (χ0n) is 51.5. The van der Waals surface area contributed by atoms with E-state index in [9.17, 15) is 19.8 Å². The zero-order chi connectivity index (χ0) is 55.0. The molecule has 6 nitrogen and oxygen atoms in total. The molecule has 0 saturated heterocycles. The van der Waals surface area contributed by atoms with Gasteiger partial charge in [-0.05, 0) is 57.8 Å². The van der Waals surface area contributed by atoms with Crippen LogP contribution in [0, 0.1) is 0 Å². The van der Waals surface area contributed by atoms with Crippen molar-refractivity contribution < 1.29 is 24.5 Å². The van der Waals surface area contributed by atoms with E-state index in [2.05, 4.69) is 31.3 Å². The SMILES string of the molecule is CCCCCCCCCCCCCCCCCCCCCC/C=C/C(O)C(CO)NC(=O)CCCCCCCCC/C=C\CCCCCCCCCCCCOC(=O)CCCCCCCCCCCCCCCCCC. The molecule has 6 heteroatoms. The third-order valence-electron chi connectivity index (χ3n) is 16.2. The van der Waals surface area contributed by atoms with E-state index in [1.165, 1.54) is 315 Å². The summed E-state index contributed by atoms with van der Waals surface area (Å²) in [5.41, 5.74) is 0. The number of aliphatic hydroxyl groups excluding tert-OH is 2. The predicted octanol–water partition coefficient (Wildman–Crippen LogP) is 22.1. The van der Waals surface area contributed by atoms with Crippen LogP contribution in [0.15, 0.2) is 24.3 Å². The second-order valence-corrected chi connectivity index (χ2v) is 23.9. The van der Waals surface area contributed by atoms with Crippen LogP contribution in [0.4, 0.5) is 0 Å². The van der Waals surface area contributed by atoms with Crippen LogP contribution in [0.3, 0.4) is 0 Å². The van der Waals surface area contributed by atoms with Gasteiger partial charge in [-0.1, -0.05) is 340 Å². The molecular formula is C70H135NO5. The molecule has 3 N–H and O–H groups in total. The molecule has 0 rings (SSSR count). The van der Waals surface area contributed by atoms with Gasteiger partial charge >= 0.3 is 5.97 Å². The Labute approximate surface area is 475 Å². The van der Waals surface area contributed by atoms with Gasteiger partial charge in [-0.15, -0.1) is 0 Å². The highest BCUT2D eigenvalue weighted by Gasteiger charge is 2.18. The fourth-order valence-electron chi connectivity index (χ4n) is 10.9. The van der Waals surface area contributed by atoms with Gasteiger partial charge in [0.2, 0.25) is 5.91 Å². The Morgan fingerprint density at radius 1 is 0.355 bits per heavy atom. The number of unbranched alkanes of at least 4 members (excludes halogenated alkanes) is 52. The van der Waals surface area contributed by atoms with E-state index in [4.69, 9.17) is 4.74 Å². The van der Waals surface area contributed by atoms with Crippen molar-refractivity contribution in [2.45, 2.75) is 398 Å². The highest BCUT2D eigenvalue weighted by Crippen LogP contribution is 2.18. The Hall–Kier alpha value is -1.66. The van der Waals surface area contributed by atoms with Crippen LogP contribution < -0.4 is 5.32 Å². The maximum Gasteiger partial charge on any atom is 0.305 e. The minimum atomic E-state index is -0.850. The third-order valence-corrected chi connectivity index (χ3v) is 16.2. The van der Waals surface area contributed by atoms with Crippen molar-refractivity contribution in [3.63, 3.8) is 0 Å². The monoisotopic (exact) mass is 1070 g/mol. The lowest BCUT2D eigenvalue weighted by atomic mass is 10.0. The van der Waals surface area contributed by atoms with Crippen molar-refractivity contribution >= 4 is 11.9 Å². The van der Waals surface area contributed by atoms with Crippen LogP contribution in [0.25, 0.3) is 0 Å². The summed E-state index contributed by atoms with van der Waals surface area (Å²) in [5.74, 6) is -0.0599. The van der Waals surface area contributed by atoms with Gasteiger partial charge in [-0.25, -0.2) is 0 Å². The molecule has 1 amide bonds. The summed E-state index contributed by atoms with van der Waals surface area (Å²) in [6, 6.07) is -0.634. The molecule has 0 fully saturated rings. The summed E-state index contributed by atoms with van der Waals surface area (Å²) < 4.78 is 5.50. The molecule has 0 aliphatic carbocycles. The number of ether oxygens (including phenoxy) is 1. The topological polar surface area (TPSA) is 95.9 Å². The maximum absolute atomic E-state index is 12.5. The lowest BCUT2D eigenvalue weighted by Gasteiger charge is -2.20. The fourth-order valence-corrected chi connectivity index (χ4v) is 10.9. The van der Waals surface area contributed by atoms with Crippen LogP contribution in [0.5, 0.6) is 0 Å². The number of hydrogen-bond donors (Lipinski definition) is 3. The maximum atomic E-state index is 12.5. The van der Waals surface area contributed by atoms with Gasteiger partial charge in [0.25, 0.3) is 0 Å². The van der Waals surface area contributed by atoms with Crippen molar-refractivity contribution in [2.24, 2.45) is 0 Å². The van der Waals surface area contributed by atoms with Crippen LogP contribution >= 0.6 is 0 Å². The zero-order valence-corrected chi connectivity index (χ0v) is 51.5. The predicted molar refractivity (Wildman–Crippen MR) is 333 cm³/mol. The molecule has 76 heavy (non-hydrogen) atoms. The second-order valence-electron chi connectivity index (χ2n) is 23.9. The lowest BCUT2D eigenvalue weighted by molar-refractivity contribution is -0.143. The normalized spacial score (nSPS) is 12.6. The third kappa shape index (κ3) is 61.6. The minimum Gasteiger partial charge on any atom is -0.466 e. The number of nitrogens with one attached hydrogen (secondary N) is 1. The summed E-state index contributed by atoms with van der Waals surface area (Å²) in [4.78, 5) is 24.6. The van der Waals surface area contributed by atoms with E-state index in [1.807, 2.05) is 6.08 Å². The number of rotatable bonds is 65. The Morgan fingerprint density at radius 2 is 0.618 bits per heavy atom. The van der Waals surface area contributed by atoms with E-state index in [1.54, 1.807) is 6.08 Å². The van der Waals surface area contributed by atoms with Gasteiger partial charge in [0.1, 0.15) is 0 Å². The van der Waals surface area contributed by atoms with Crippen LogP contribution in [0.1, 0.15) is 386 Å². The molecule has 0 aromatic heterocycles. The molecule has 0 aromatic rings. The first-order valence-electron chi connectivity index (χ1n) is 34.6. The van der Waals surface area contributed by atoms with E-state index in [0.29, 0.717) is 19.4 Å². The summed E-state index contributed by atoms with van der Waals surface area (Å²) >= 11 is 0. The standard InChI is InChI=1S/C70H135NO5/c1-3-5-7-9-11-13-15-17-19-21-22-23-25-28-31-34-38-42-46-50-54-58-62-68(73)67(66-72)71-69(74)63-59-55-51-47-43-39-35-32-29-26-24-27-30-33-37-41-45-49-53-57-61-65-76-70(75)64-60-56-52-48-44-40-36-20-18-16-14-12-10-8-6-4-2/h26,29,58,62,67-68,72-73H,3-25,27-28,30-57,59-61,63-66H2,1-2H3,(H,71,74)/b29-26-,62-58+. The second kappa shape index (κ2) is 65.9. The summed E-state index contributed by atoms with van der Waals surface area (Å²) in [7, 11) is 0. The molecule has 450 valence electrons. The van der Waals surface area contributed by atoms with E-state index in [0.717, 1.165) is 44.9 Å². The number of amides is 1. The Bertz CT molecular complexity index is 1190. The lowest BCUT2D eigenvalue weighted by Crippen LogP contribution is -2.45. The molecule has 0 aromatic carbocycles. The number of carbonyl (C=O) groups is 2. The van der Waals surface area contributed by atoms with Gasteiger partial charge in [0.05, 0.1) is 25.4 Å². The average molecular weight is 1070 g/mol. The van der Waals surface area contributed by atoms with Crippen LogP contribution in [0.2, 0.25) is 0 Å². The number of allylic oxidation sites excluding steroid dienone is 3. The Kier molecular flexibility index (Phi) is 64.4. The average Bonchev–Trinajstić information content (AvgIpc) is 3.42. The summed E-state index contributed by atoms with van der Waals surface area (Å²) in [5, 5.41) is 23.2. The summed E-state index contributed by atoms with van der Waals surface area (Å²) in [6.45, 7) is 4.94. The first-order chi connectivity index (χ1) is 37.5. The summed E-state index contributed by atoms with van der Waals surface area (Å²) in [6.07, 6.45) is 82.4. The van der Waals surface area contributed by atoms with Crippen molar-refractivity contribution in [1.29, 1.82) is 0 Å². The molecule has 2 atom stereocenters. The van der Waals surface area contributed by atoms with E-state index < -0.39 is 12.1 Å². The quantitative estimate of drug-likeness (QED) is 0.0320. The molecule has 0 radical (unpaired) electrons. The van der Waals surface area contributed by atoms with Crippen molar-refractivity contribution in [3.05, 3.63) is 24.3 Å². The molecule has 0 aliphatic rings. The van der Waals surface area contributed by atoms with Gasteiger partial charge < -0.3 is 20.3 Å². The van der Waals surface area contributed by atoms with Gasteiger partial charge in [-0.3, -0.25) is 9.59 Å². The molecule has 0 aliphatic heterocycles. The van der Waals surface area contributed by atoms with Crippen LogP contribution in [-0.2, 0) is 14.3 Å². The number of aliphatic hydroxyl groups is 2.